The molecule has 0 heterocycles. The number of amides is 1. The summed E-state index contributed by atoms with van der Waals surface area (Å²) in [5, 5.41) is 12.5. The summed E-state index contributed by atoms with van der Waals surface area (Å²) in [6.07, 6.45) is 6.28. The van der Waals surface area contributed by atoms with E-state index in [-0.39, 0.29) is 17.9 Å². The molecule has 1 aliphatic rings. The average Bonchev–Trinajstić information content (AvgIpc) is 2.65. The topological polar surface area (TPSA) is 75.6 Å². The zero-order valence-corrected chi connectivity index (χ0v) is 15.2. The number of ether oxygens (including phenoxy) is 1. The van der Waals surface area contributed by atoms with Crippen LogP contribution in [-0.2, 0) is 16.0 Å². The third-order valence-corrected chi connectivity index (χ3v) is 5.49. The first-order chi connectivity index (χ1) is 12.0. The first-order valence-electron chi connectivity index (χ1n) is 9.15. The maximum Gasteiger partial charge on any atom is 0.308 e. The van der Waals surface area contributed by atoms with E-state index in [0.717, 1.165) is 37.7 Å². The van der Waals surface area contributed by atoms with Crippen molar-refractivity contribution in [3.8, 4) is 5.75 Å². The van der Waals surface area contributed by atoms with E-state index in [0.29, 0.717) is 12.2 Å². The lowest BCUT2D eigenvalue weighted by atomic mass is 9.71. The molecule has 25 heavy (non-hydrogen) atoms. The predicted octanol–water partition coefficient (Wildman–Crippen LogP) is 3.42. The van der Waals surface area contributed by atoms with Crippen LogP contribution in [0.4, 0.5) is 0 Å². The molecule has 1 saturated carbocycles. The van der Waals surface area contributed by atoms with E-state index in [4.69, 9.17) is 4.74 Å². The number of rotatable bonds is 8. The van der Waals surface area contributed by atoms with Crippen LogP contribution in [0.5, 0.6) is 5.75 Å². The molecule has 1 atom stereocenters. The van der Waals surface area contributed by atoms with Gasteiger partial charge in [0.2, 0.25) is 5.91 Å². The quantitative estimate of drug-likeness (QED) is 0.755. The van der Waals surface area contributed by atoms with Crippen molar-refractivity contribution in [2.45, 2.75) is 51.9 Å². The second-order valence-corrected chi connectivity index (χ2v) is 6.96. The van der Waals surface area contributed by atoms with Crippen molar-refractivity contribution in [3.05, 3.63) is 29.8 Å². The molecule has 0 spiro atoms. The van der Waals surface area contributed by atoms with Crippen LogP contribution in [0, 0.1) is 11.3 Å². The van der Waals surface area contributed by atoms with Crippen LogP contribution < -0.4 is 10.1 Å². The Labute approximate surface area is 149 Å². The normalized spacial score (nSPS) is 17.5. The molecule has 1 aliphatic carbocycles. The van der Waals surface area contributed by atoms with Crippen molar-refractivity contribution in [1.29, 1.82) is 0 Å². The van der Waals surface area contributed by atoms with E-state index in [1.54, 1.807) is 7.11 Å². The van der Waals surface area contributed by atoms with Crippen molar-refractivity contribution in [3.63, 3.8) is 0 Å². The van der Waals surface area contributed by atoms with Crippen molar-refractivity contribution in [2.24, 2.45) is 11.3 Å². The van der Waals surface area contributed by atoms with Crippen LogP contribution >= 0.6 is 0 Å². The second kappa shape index (κ2) is 8.88. The Hall–Kier alpha value is -2.04. The highest BCUT2D eigenvalue weighted by molar-refractivity contribution is 5.83. The van der Waals surface area contributed by atoms with Gasteiger partial charge >= 0.3 is 5.97 Å². The van der Waals surface area contributed by atoms with Gasteiger partial charge in [-0.15, -0.1) is 0 Å². The maximum absolute atomic E-state index is 12.7. The highest BCUT2D eigenvalue weighted by atomic mass is 16.5. The molecule has 138 valence electrons. The third kappa shape index (κ3) is 4.74. The van der Waals surface area contributed by atoms with Crippen LogP contribution in [0.15, 0.2) is 24.3 Å². The summed E-state index contributed by atoms with van der Waals surface area (Å²) in [6.45, 7) is 2.20. The van der Waals surface area contributed by atoms with Gasteiger partial charge < -0.3 is 15.2 Å². The molecule has 1 unspecified atom stereocenters. The fraction of sp³-hybridized carbons (Fsp3) is 0.600. The van der Waals surface area contributed by atoms with E-state index in [2.05, 4.69) is 12.2 Å². The zero-order valence-electron chi connectivity index (χ0n) is 15.2. The minimum absolute atomic E-state index is 0.0148. The van der Waals surface area contributed by atoms with Gasteiger partial charge in [0, 0.05) is 12.0 Å². The number of carboxylic acid groups (broad SMARTS) is 1. The monoisotopic (exact) mass is 347 g/mol. The minimum Gasteiger partial charge on any atom is -0.496 e. The van der Waals surface area contributed by atoms with E-state index in [9.17, 15) is 14.7 Å². The van der Waals surface area contributed by atoms with Gasteiger partial charge in [-0.25, -0.2) is 0 Å². The molecule has 0 saturated heterocycles. The zero-order chi connectivity index (χ0) is 18.3. The molecule has 5 nitrogen and oxygen atoms in total. The Bertz CT molecular complexity index is 593. The Morgan fingerprint density at radius 1 is 1.24 bits per heavy atom. The number of carbonyl (C=O) groups excluding carboxylic acids is 1. The van der Waals surface area contributed by atoms with E-state index in [1.165, 1.54) is 6.42 Å². The molecular weight excluding hydrogens is 318 g/mol. The number of hydrogen-bond acceptors (Lipinski definition) is 3. The lowest BCUT2D eigenvalue weighted by molar-refractivity contribution is -0.142. The smallest absolute Gasteiger partial charge is 0.308 e. The number of carbonyl (C=O) groups is 2. The van der Waals surface area contributed by atoms with Gasteiger partial charge in [0.1, 0.15) is 5.75 Å². The Morgan fingerprint density at radius 2 is 1.92 bits per heavy atom. The number of nitrogens with one attached hydrogen (secondary N) is 1. The first kappa shape index (κ1) is 19.3. The van der Waals surface area contributed by atoms with Crippen molar-refractivity contribution in [2.75, 3.05) is 13.7 Å². The number of carboxylic acids is 1. The summed E-state index contributed by atoms with van der Waals surface area (Å²) in [5.41, 5.74) is 0.528. The molecule has 2 N–H and O–H groups in total. The SMILES string of the molecule is CCC1(C(=O)NCC(Cc2ccccc2OC)C(=O)O)CCCCC1. The highest BCUT2D eigenvalue weighted by Gasteiger charge is 2.38. The average molecular weight is 347 g/mol. The van der Waals surface area contributed by atoms with Crippen LogP contribution in [0.25, 0.3) is 0 Å². The summed E-state index contributed by atoms with van der Waals surface area (Å²) < 4.78 is 5.30. The molecule has 1 fully saturated rings. The van der Waals surface area contributed by atoms with Crippen molar-refractivity contribution in [1.82, 2.24) is 5.32 Å². The van der Waals surface area contributed by atoms with Crippen LogP contribution in [0.2, 0.25) is 0 Å². The lowest BCUT2D eigenvalue weighted by Crippen LogP contribution is -2.44. The number of para-hydroxylation sites is 1. The number of methoxy groups -OCH3 is 1. The Kier molecular flexibility index (Phi) is 6.85. The second-order valence-electron chi connectivity index (χ2n) is 6.96. The highest BCUT2D eigenvalue weighted by Crippen LogP contribution is 2.39. The molecule has 0 bridgehead atoms. The molecule has 0 radical (unpaired) electrons. The molecule has 5 heteroatoms. The Balaban J connectivity index is 2.02. The van der Waals surface area contributed by atoms with Gasteiger partial charge in [0.25, 0.3) is 0 Å². The molecule has 1 amide bonds. The standard InChI is InChI=1S/C20H29NO4/c1-3-20(11-7-4-8-12-20)19(24)21-14-16(18(22)23)13-15-9-5-6-10-17(15)25-2/h5-6,9-10,16H,3-4,7-8,11-14H2,1-2H3,(H,21,24)(H,22,23). The summed E-state index contributed by atoms with van der Waals surface area (Å²) in [5.74, 6) is -0.878. The molecule has 1 aromatic rings. The largest absolute Gasteiger partial charge is 0.496 e. The van der Waals surface area contributed by atoms with Gasteiger partial charge in [-0.05, 0) is 37.3 Å². The molecule has 0 aromatic heterocycles. The summed E-state index contributed by atoms with van der Waals surface area (Å²) in [4.78, 5) is 24.4. The van der Waals surface area contributed by atoms with E-state index < -0.39 is 11.9 Å². The number of benzene rings is 1. The lowest BCUT2D eigenvalue weighted by Gasteiger charge is -2.35. The third-order valence-electron chi connectivity index (χ3n) is 5.49. The van der Waals surface area contributed by atoms with E-state index >= 15 is 0 Å². The summed E-state index contributed by atoms with van der Waals surface area (Å²) in [6, 6.07) is 7.41. The van der Waals surface area contributed by atoms with Gasteiger partial charge in [0.15, 0.2) is 0 Å². The van der Waals surface area contributed by atoms with Gasteiger partial charge in [-0.3, -0.25) is 9.59 Å². The first-order valence-corrected chi connectivity index (χ1v) is 9.15. The number of hydrogen-bond donors (Lipinski definition) is 2. The van der Waals surface area contributed by atoms with Crippen LogP contribution in [0.3, 0.4) is 0 Å². The maximum atomic E-state index is 12.7. The fourth-order valence-electron chi connectivity index (χ4n) is 3.76. The molecular formula is C20H29NO4. The fourth-order valence-corrected chi connectivity index (χ4v) is 3.76. The molecule has 0 aliphatic heterocycles. The van der Waals surface area contributed by atoms with Crippen molar-refractivity contribution < 1.29 is 19.4 Å². The van der Waals surface area contributed by atoms with Gasteiger partial charge in [-0.1, -0.05) is 44.4 Å². The number of aliphatic carboxylic acids is 1. The molecule has 2 rings (SSSR count). The van der Waals surface area contributed by atoms with Gasteiger partial charge in [0.05, 0.1) is 13.0 Å². The van der Waals surface area contributed by atoms with Crippen LogP contribution in [-0.4, -0.2) is 30.6 Å². The Morgan fingerprint density at radius 3 is 2.52 bits per heavy atom. The van der Waals surface area contributed by atoms with Gasteiger partial charge in [-0.2, -0.15) is 0 Å². The van der Waals surface area contributed by atoms with E-state index in [1.807, 2.05) is 24.3 Å². The minimum atomic E-state index is -0.902. The predicted molar refractivity (Wildman–Crippen MR) is 96.6 cm³/mol. The molecule has 1 aromatic carbocycles. The van der Waals surface area contributed by atoms with Crippen LogP contribution in [0.1, 0.15) is 51.0 Å². The summed E-state index contributed by atoms with van der Waals surface area (Å²) in [7, 11) is 1.57. The summed E-state index contributed by atoms with van der Waals surface area (Å²) >= 11 is 0. The van der Waals surface area contributed by atoms with Crippen molar-refractivity contribution >= 4 is 11.9 Å².